The molecule has 2 heteroatoms. The van der Waals surface area contributed by atoms with E-state index in [1.165, 1.54) is 0 Å². The van der Waals surface area contributed by atoms with E-state index in [2.05, 4.69) is 6.92 Å². The molecule has 0 spiro atoms. The minimum Gasteiger partial charge on any atom is -0.387 e. The van der Waals surface area contributed by atoms with Gasteiger partial charge in [-0.3, -0.25) is 0 Å². The number of aliphatic hydroxyl groups is 2. The molecule has 0 rings (SSSR count). The van der Waals surface area contributed by atoms with Gasteiger partial charge in [0, 0.05) is 0 Å². The molecule has 0 amide bonds. The van der Waals surface area contributed by atoms with Crippen LogP contribution in [0.3, 0.4) is 0 Å². The van der Waals surface area contributed by atoms with Gasteiger partial charge in [0.05, 0.1) is 11.2 Å². The van der Waals surface area contributed by atoms with Gasteiger partial charge in [-0.05, 0) is 27.2 Å². The lowest BCUT2D eigenvalue weighted by atomic mass is 9.83. The average Bonchev–Trinajstić information content (AvgIpc) is 1.81. The monoisotopic (exact) mass is 159 g/mol. The first-order valence-corrected chi connectivity index (χ1v) is 4.05. The summed E-state index contributed by atoms with van der Waals surface area (Å²) in [7, 11) is 0. The zero-order chi connectivity index (χ0) is 9.12. The molecule has 0 aliphatic carbocycles. The van der Waals surface area contributed by atoms with Crippen molar-refractivity contribution in [3.05, 3.63) is 6.92 Å². The fourth-order valence-electron chi connectivity index (χ4n) is 0.775. The van der Waals surface area contributed by atoms with Crippen LogP contribution in [0.1, 0.15) is 40.0 Å². The van der Waals surface area contributed by atoms with E-state index in [0.29, 0.717) is 6.42 Å². The molecule has 0 heterocycles. The smallest absolute Gasteiger partial charge is 0.0900 e. The number of rotatable bonds is 4. The summed E-state index contributed by atoms with van der Waals surface area (Å²) in [4.78, 5) is 0. The van der Waals surface area contributed by atoms with Gasteiger partial charge in [-0.2, -0.15) is 0 Å². The third-order valence-corrected chi connectivity index (χ3v) is 2.23. The number of hydrogen-bond acceptors (Lipinski definition) is 2. The van der Waals surface area contributed by atoms with Crippen molar-refractivity contribution >= 4 is 0 Å². The van der Waals surface area contributed by atoms with Crippen LogP contribution < -0.4 is 0 Å². The highest BCUT2D eigenvalue weighted by Gasteiger charge is 2.36. The highest BCUT2D eigenvalue weighted by Crippen LogP contribution is 2.26. The normalized spacial score (nSPS) is 18.0. The third kappa shape index (κ3) is 3.21. The van der Waals surface area contributed by atoms with Crippen LogP contribution in [-0.4, -0.2) is 21.4 Å². The van der Waals surface area contributed by atoms with Gasteiger partial charge < -0.3 is 10.2 Å². The summed E-state index contributed by atoms with van der Waals surface area (Å²) in [6.45, 7) is 8.58. The average molecular weight is 159 g/mol. The Morgan fingerprint density at radius 3 is 1.91 bits per heavy atom. The van der Waals surface area contributed by atoms with E-state index >= 15 is 0 Å². The maximum absolute atomic E-state index is 9.70. The minimum absolute atomic E-state index is 0.597. The molecule has 0 aliphatic heterocycles. The fourth-order valence-corrected chi connectivity index (χ4v) is 0.775. The second-order valence-electron chi connectivity index (χ2n) is 3.79. The summed E-state index contributed by atoms with van der Waals surface area (Å²) in [5.41, 5.74) is -2.02. The van der Waals surface area contributed by atoms with Gasteiger partial charge in [0.25, 0.3) is 0 Å². The maximum atomic E-state index is 9.70. The highest BCUT2D eigenvalue weighted by molar-refractivity contribution is 4.89. The van der Waals surface area contributed by atoms with Crippen LogP contribution >= 0.6 is 0 Å². The Kier molecular flexibility index (Phi) is 3.52. The van der Waals surface area contributed by atoms with E-state index in [1.807, 2.05) is 0 Å². The minimum atomic E-state index is -1.03. The summed E-state index contributed by atoms with van der Waals surface area (Å²) >= 11 is 0. The van der Waals surface area contributed by atoms with Crippen molar-refractivity contribution in [1.29, 1.82) is 0 Å². The number of hydrogen-bond donors (Lipinski definition) is 2. The molecule has 1 atom stereocenters. The molecule has 0 aromatic rings. The van der Waals surface area contributed by atoms with Crippen LogP contribution in [0.4, 0.5) is 0 Å². The van der Waals surface area contributed by atoms with Crippen molar-refractivity contribution in [2.75, 3.05) is 0 Å². The largest absolute Gasteiger partial charge is 0.387 e. The van der Waals surface area contributed by atoms with Gasteiger partial charge >= 0.3 is 0 Å². The summed E-state index contributed by atoms with van der Waals surface area (Å²) in [5, 5.41) is 19.2. The quantitative estimate of drug-likeness (QED) is 0.652. The Hall–Kier alpha value is -0.0800. The summed E-state index contributed by atoms with van der Waals surface area (Å²) in [6, 6.07) is 0. The Balaban J connectivity index is 4.00. The molecule has 0 aromatic heterocycles. The molecule has 2 nitrogen and oxygen atoms in total. The van der Waals surface area contributed by atoms with Gasteiger partial charge in [0.15, 0.2) is 0 Å². The Bertz CT molecular complexity index is 111. The lowest BCUT2D eigenvalue weighted by Crippen LogP contribution is -2.47. The molecule has 0 aromatic carbocycles. The molecule has 0 saturated heterocycles. The summed E-state index contributed by atoms with van der Waals surface area (Å²) < 4.78 is 0. The molecule has 0 fully saturated rings. The predicted octanol–water partition coefficient (Wildman–Crippen LogP) is 1.51. The topological polar surface area (TPSA) is 40.5 Å². The van der Waals surface area contributed by atoms with E-state index in [0.717, 1.165) is 12.8 Å². The van der Waals surface area contributed by atoms with E-state index in [-0.39, 0.29) is 0 Å². The van der Waals surface area contributed by atoms with Crippen molar-refractivity contribution in [3.63, 3.8) is 0 Å². The maximum Gasteiger partial charge on any atom is 0.0900 e. The molecule has 1 radical (unpaired) electrons. The van der Waals surface area contributed by atoms with Crippen molar-refractivity contribution in [2.45, 2.75) is 51.2 Å². The van der Waals surface area contributed by atoms with Gasteiger partial charge in [-0.25, -0.2) is 0 Å². The molecule has 0 saturated carbocycles. The van der Waals surface area contributed by atoms with Crippen molar-refractivity contribution in [3.8, 4) is 0 Å². The van der Waals surface area contributed by atoms with Crippen LogP contribution in [-0.2, 0) is 0 Å². The van der Waals surface area contributed by atoms with Crippen molar-refractivity contribution in [2.24, 2.45) is 0 Å². The van der Waals surface area contributed by atoms with Crippen LogP contribution in [0.2, 0.25) is 0 Å². The van der Waals surface area contributed by atoms with Gasteiger partial charge in [0.2, 0.25) is 0 Å². The molecular formula is C9H19O2. The van der Waals surface area contributed by atoms with Gasteiger partial charge in [-0.15, -0.1) is 0 Å². The van der Waals surface area contributed by atoms with Gasteiger partial charge in [0.1, 0.15) is 0 Å². The van der Waals surface area contributed by atoms with E-state index in [4.69, 9.17) is 0 Å². The third-order valence-electron chi connectivity index (χ3n) is 2.23. The van der Waals surface area contributed by atoms with Gasteiger partial charge in [-0.1, -0.05) is 19.8 Å². The second kappa shape index (κ2) is 3.55. The molecule has 1 unspecified atom stereocenters. The zero-order valence-electron chi connectivity index (χ0n) is 7.72. The SMILES string of the molecule is [CH2]CCCC(C)(O)C(C)(C)O. The molecule has 11 heavy (non-hydrogen) atoms. The van der Waals surface area contributed by atoms with Crippen molar-refractivity contribution < 1.29 is 10.2 Å². The zero-order valence-corrected chi connectivity index (χ0v) is 7.72. The first-order valence-electron chi connectivity index (χ1n) is 4.05. The predicted molar refractivity (Wildman–Crippen MR) is 46.1 cm³/mol. The Labute approximate surface area is 69.2 Å². The molecule has 67 valence electrons. The first-order chi connectivity index (χ1) is 4.81. The van der Waals surface area contributed by atoms with Crippen LogP contribution in [0.25, 0.3) is 0 Å². The Morgan fingerprint density at radius 2 is 1.64 bits per heavy atom. The lowest BCUT2D eigenvalue weighted by molar-refractivity contribution is -0.124. The fraction of sp³-hybridized carbons (Fsp3) is 0.889. The highest BCUT2D eigenvalue weighted by atomic mass is 16.3. The van der Waals surface area contributed by atoms with E-state index in [9.17, 15) is 10.2 Å². The molecule has 0 bridgehead atoms. The standard InChI is InChI=1S/C9H19O2/c1-5-6-7-9(4,11)8(2,3)10/h10-11H,1,5-7H2,2-4H3. The summed E-state index contributed by atoms with van der Waals surface area (Å²) in [5.74, 6) is 0. The van der Waals surface area contributed by atoms with Crippen LogP contribution in [0, 0.1) is 6.92 Å². The number of unbranched alkanes of at least 4 members (excludes halogenated alkanes) is 1. The van der Waals surface area contributed by atoms with Crippen LogP contribution in [0.5, 0.6) is 0 Å². The Morgan fingerprint density at radius 1 is 1.18 bits per heavy atom. The second-order valence-corrected chi connectivity index (χ2v) is 3.79. The molecule has 2 N–H and O–H groups in total. The lowest BCUT2D eigenvalue weighted by Gasteiger charge is -2.35. The first kappa shape index (κ1) is 10.9. The van der Waals surface area contributed by atoms with Crippen molar-refractivity contribution in [1.82, 2.24) is 0 Å². The van der Waals surface area contributed by atoms with E-state index in [1.54, 1.807) is 20.8 Å². The van der Waals surface area contributed by atoms with E-state index < -0.39 is 11.2 Å². The summed E-state index contributed by atoms with van der Waals surface area (Å²) in [6.07, 6.45) is 2.24. The molecular weight excluding hydrogens is 140 g/mol. The van der Waals surface area contributed by atoms with Crippen LogP contribution in [0.15, 0.2) is 0 Å². The molecule has 0 aliphatic rings.